The van der Waals surface area contributed by atoms with E-state index in [0.717, 1.165) is 28.1 Å². The molecule has 11 heteroatoms. The summed E-state index contributed by atoms with van der Waals surface area (Å²) < 4.78 is 5.39. The molecule has 0 saturated carbocycles. The largest absolute Gasteiger partial charge is 0.394 e. The number of hydrogen-bond acceptors (Lipinski definition) is 6. The van der Waals surface area contributed by atoms with Crippen molar-refractivity contribution in [3.63, 3.8) is 0 Å². The molecule has 0 aliphatic heterocycles. The average molecular weight is 529 g/mol. The number of rotatable bonds is 9. The number of amides is 2. The monoisotopic (exact) mass is 528 g/mol. The van der Waals surface area contributed by atoms with Gasteiger partial charge in [0, 0.05) is 31.5 Å². The molecule has 0 spiro atoms. The molecule has 0 bridgehead atoms. The van der Waals surface area contributed by atoms with Gasteiger partial charge in [0.05, 0.1) is 47.3 Å². The first kappa shape index (κ1) is 26.1. The Morgan fingerprint density at radius 2 is 1.95 bits per heavy atom. The number of pyridine rings is 1. The van der Waals surface area contributed by atoms with Gasteiger partial charge in [-0.2, -0.15) is 5.10 Å². The lowest BCUT2D eigenvalue weighted by molar-refractivity contribution is 0.0900. The van der Waals surface area contributed by atoms with Gasteiger partial charge in [-0.15, -0.1) is 0 Å². The minimum Gasteiger partial charge on any atom is -0.394 e. The summed E-state index contributed by atoms with van der Waals surface area (Å²) in [5.74, 6) is 0.588. The van der Waals surface area contributed by atoms with Gasteiger partial charge < -0.3 is 20.3 Å². The summed E-state index contributed by atoms with van der Waals surface area (Å²) in [5, 5.41) is 19.9. The molecule has 202 valence electrons. The van der Waals surface area contributed by atoms with E-state index >= 15 is 0 Å². The highest BCUT2D eigenvalue weighted by Gasteiger charge is 2.20. The van der Waals surface area contributed by atoms with Gasteiger partial charge in [-0.1, -0.05) is 13.8 Å². The lowest BCUT2D eigenvalue weighted by Gasteiger charge is -2.18. The molecule has 3 N–H and O–H groups in total. The number of benzene rings is 1. The molecule has 0 fully saturated rings. The van der Waals surface area contributed by atoms with Gasteiger partial charge in [-0.25, -0.2) is 14.6 Å². The lowest BCUT2D eigenvalue weighted by atomic mass is 10.0. The van der Waals surface area contributed by atoms with Crippen molar-refractivity contribution >= 4 is 28.5 Å². The van der Waals surface area contributed by atoms with Crippen LogP contribution in [0.2, 0.25) is 0 Å². The fraction of sp³-hybridized carbons (Fsp3) is 0.321. The van der Waals surface area contributed by atoms with E-state index < -0.39 is 0 Å². The summed E-state index contributed by atoms with van der Waals surface area (Å²) in [7, 11) is 1.98. The number of aromatic nitrogens is 6. The van der Waals surface area contributed by atoms with E-state index in [1.165, 1.54) is 6.20 Å². The maximum atomic E-state index is 13.1. The minimum atomic E-state index is -0.356. The van der Waals surface area contributed by atoms with E-state index in [1.54, 1.807) is 33.6 Å². The second-order valence-electron chi connectivity index (χ2n) is 10.1. The first-order valence-electron chi connectivity index (χ1n) is 12.9. The van der Waals surface area contributed by atoms with Crippen molar-refractivity contribution in [2.75, 3.05) is 6.61 Å². The molecular weight excluding hydrogens is 496 g/mol. The SMILES string of the molecule is Cc1nc2ccc(-n3cc(CNC(=O)c4cccn5c(C(=O)N[C@H](CO)CC(C)C)cnc45)cn3)cc2n1C. The zero-order valence-corrected chi connectivity index (χ0v) is 22.4. The summed E-state index contributed by atoms with van der Waals surface area (Å²) in [6.07, 6.45) is 7.37. The molecule has 39 heavy (non-hydrogen) atoms. The van der Waals surface area contributed by atoms with Gasteiger partial charge in [-0.05, 0) is 49.6 Å². The van der Waals surface area contributed by atoms with Crippen molar-refractivity contribution in [3.05, 3.63) is 77.8 Å². The minimum absolute atomic E-state index is 0.150. The van der Waals surface area contributed by atoms with E-state index in [9.17, 15) is 14.7 Å². The van der Waals surface area contributed by atoms with Crippen molar-refractivity contribution in [2.45, 2.75) is 39.8 Å². The van der Waals surface area contributed by atoms with Crippen molar-refractivity contribution < 1.29 is 14.7 Å². The van der Waals surface area contributed by atoms with Crippen molar-refractivity contribution in [3.8, 4) is 5.69 Å². The Morgan fingerprint density at radius 3 is 2.72 bits per heavy atom. The van der Waals surface area contributed by atoms with Crippen LogP contribution in [0.4, 0.5) is 0 Å². The van der Waals surface area contributed by atoms with Gasteiger partial charge in [0.2, 0.25) is 0 Å². The molecule has 1 atom stereocenters. The van der Waals surface area contributed by atoms with Gasteiger partial charge in [0.1, 0.15) is 17.2 Å². The summed E-state index contributed by atoms with van der Waals surface area (Å²) in [6.45, 7) is 6.15. The van der Waals surface area contributed by atoms with Crippen molar-refractivity contribution in [1.82, 2.24) is 39.3 Å². The Morgan fingerprint density at radius 1 is 1.13 bits per heavy atom. The molecule has 5 aromatic rings. The highest BCUT2D eigenvalue weighted by atomic mass is 16.3. The summed E-state index contributed by atoms with van der Waals surface area (Å²) in [5.41, 5.74) is 4.69. The average Bonchev–Trinajstić information content (AvgIpc) is 3.64. The Bertz CT molecular complexity index is 1660. The molecule has 0 unspecified atom stereocenters. The zero-order chi connectivity index (χ0) is 27.7. The van der Waals surface area contributed by atoms with Gasteiger partial charge >= 0.3 is 0 Å². The number of carbonyl (C=O) groups excluding carboxylic acids is 2. The number of aliphatic hydroxyl groups excluding tert-OH is 1. The van der Waals surface area contributed by atoms with Crippen LogP contribution in [-0.2, 0) is 13.6 Å². The molecule has 0 aliphatic rings. The van der Waals surface area contributed by atoms with Crippen molar-refractivity contribution in [2.24, 2.45) is 13.0 Å². The highest BCUT2D eigenvalue weighted by molar-refractivity contribution is 6.01. The van der Waals surface area contributed by atoms with E-state index in [1.807, 2.05) is 56.8 Å². The predicted octanol–water partition coefficient (Wildman–Crippen LogP) is 2.78. The van der Waals surface area contributed by atoms with Crippen LogP contribution in [0.15, 0.2) is 55.1 Å². The fourth-order valence-corrected chi connectivity index (χ4v) is 4.67. The zero-order valence-electron chi connectivity index (χ0n) is 22.4. The number of fused-ring (bicyclic) bond motifs is 2. The molecule has 4 aromatic heterocycles. The van der Waals surface area contributed by atoms with Crippen LogP contribution in [-0.4, -0.2) is 58.3 Å². The fourth-order valence-electron chi connectivity index (χ4n) is 4.67. The molecule has 1 aromatic carbocycles. The van der Waals surface area contributed by atoms with Gasteiger partial charge in [0.25, 0.3) is 11.8 Å². The second-order valence-corrected chi connectivity index (χ2v) is 10.1. The smallest absolute Gasteiger partial charge is 0.270 e. The molecule has 5 rings (SSSR count). The van der Waals surface area contributed by atoms with Crippen LogP contribution in [0.1, 0.15) is 52.5 Å². The number of aliphatic hydroxyl groups is 1. The molecule has 0 radical (unpaired) electrons. The highest BCUT2D eigenvalue weighted by Crippen LogP contribution is 2.19. The van der Waals surface area contributed by atoms with E-state index in [4.69, 9.17) is 0 Å². The topological polar surface area (TPSA) is 131 Å². The Balaban J connectivity index is 1.29. The molecule has 0 saturated heterocycles. The molecule has 11 nitrogen and oxygen atoms in total. The van der Waals surface area contributed by atoms with Gasteiger partial charge in [-0.3, -0.25) is 14.0 Å². The van der Waals surface area contributed by atoms with E-state index in [0.29, 0.717) is 29.2 Å². The molecule has 4 heterocycles. The van der Waals surface area contributed by atoms with Gasteiger partial charge in [0.15, 0.2) is 0 Å². The van der Waals surface area contributed by atoms with E-state index in [-0.39, 0.29) is 31.0 Å². The number of hydrogen-bond donors (Lipinski definition) is 3. The second kappa shape index (κ2) is 10.7. The summed E-state index contributed by atoms with van der Waals surface area (Å²) in [6, 6.07) is 8.97. The lowest BCUT2D eigenvalue weighted by Crippen LogP contribution is -2.38. The quantitative estimate of drug-likeness (QED) is 0.270. The summed E-state index contributed by atoms with van der Waals surface area (Å²) in [4.78, 5) is 34.8. The Kier molecular flexibility index (Phi) is 7.16. The third-order valence-corrected chi connectivity index (χ3v) is 6.77. The van der Waals surface area contributed by atoms with Crippen LogP contribution in [0.25, 0.3) is 22.4 Å². The number of carbonyl (C=O) groups is 2. The predicted molar refractivity (Wildman–Crippen MR) is 147 cm³/mol. The number of aryl methyl sites for hydroxylation is 2. The third kappa shape index (κ3) is 5.26. The maximum absolute atomic E-state index is 13.1. The summed E-state index contributed by atoms with van der Waals surface area (Å²) >= 11 is 0. The van der Waals surface area contributed by atoms with Crippen molar-refractivity contribution in [1.29, 1.82) is 0 Å². The molecule has 2 amide bonds. The molecular formula is C28H32N8O3. The normalized spacial score (nSPS) is 12.4. The molecule has 0 aliphatic carbocycles. The number of imidazole rings is 2. The number of nitrogens with zero attached hydrogens (tertiary/aromatic N) is 6. The van der Waals surface area contributed by atoms with E-state index in [2.05, 4.69) is 25.7 Å². The number of nitrogens with one attached hydrogen (secondary N) is 2. The van der Waals surface area contributed by atoms with Crippen LogP contribution >= 0.6 is 0 Å². The van der Waals surface area contributed by atoms with Crippen LogP contribution in [0, 0.1) is 12.8 Å². The Labute approximate surface area is 225 Å². The van der Waals surface area contributed by atoms with Crippen LogP contribution in [0.5, 0.6) is 0 Å². The first-order valence-corrected chi connectivity index (χ1v) is 12.9. The third-order valence-electron chi connectivity index (χ3n) is 6.77. The van der Waals surface area contributed by atoms with Crippen LogP contribution in [0.3, 0.4) is 0 Å². The first-order chi connectivity index (χ1) is 18.7. The maximum Gasteiger partial charge on any atom is 0.270 e. The van der Waals surface area contributed by atoms with Crippen LogP contribution < -0.4 is 10.6 Å². The standard InChI is InChI=1S/C28H32N8O3/c1-17(2)10-20(16-37)33-28(39)25-14-29-26-22(6-5-9-35(25)26)27(38)30-12-19-13-31-36(15-19)21-7-8-23-24(11-21)34(4)18(3)32-23/h5-9,11,13-15,17,20,37H,10,12,16H2,1-4H3,(H,30,38)(H,33,39)/t20-/m0/s1. The Hall–Kier alpha value is -4.51.